The van der Waals surface area contributed by atoms with Gasteiger partial charge in [0.25, 0.3) is 0 Å². The fraction of sp³-hybridized carbons (Fsp3) is 0.0625. The number of aromatic nitrogens is 3. The number of hydrogen-bond donors (Lipinski definition) is 1. The molecule has 3 aromatic heterocycles. The number of aryl methyl sites for hydroxylation is 1. The minimum atomic E-state index is 0.768. The first kappa shape index (κ1) is 12.3. The van der Waals surface area contributed by atoms with Gasteiger partial charge in [0.05, 0.1) is 5.69 Å². The Morgan fingerprint density at radius 1 is 0.950 bits per heavy atom. The van der Waals surface area contributed by atoms with E-state index >= 15 is 0 Å². The Hall–Kier alpha value is -2.75. The summed E-state index contributed by atoms with van der Waals surface area (Å²) in [6.45, 7) is 2.03. The Morgan fingerprint density at radius 2 is 1.90 bits per heavy atom. The van der Waals surface area contributed by atoms with Gasteiger partial charge in [0.2, 0.25) is 0 Å². The van der Waals surface area contributed by atoms with Crippen LogP contribution in [0.25, 0.3) is 11.3 Å². The minimum absolute atomic E-state index is 0.768. The number of nitrogens with zero attached hydrogens (tertiary/aromatic N) is 3. The highest BCUT2D eigenvalue weighted by molar-refractivity contribution is 5.62. The van der Waals surface area contributed by atoms with Gasteiger partial charge in [-0.2, -0.15) is 0 Å². The quantitative estimate of drug-likeness (QED) is 0.783. The summed E-state index contributed by atoms with van der Waals surface area (Å²) >= 11 is 0. The summed E-state index contributed by atoms with van der Waals surface area (Å²) in [6, 6.07) is 13.7. The molecule has 0 aliphatic heterocycles. The van der Waals surface area contributed by atoms with Gasteiger partial charge in [-0.3, -0.25) is 4.98 Å². The molecule has 4 heteroatoms. The first-order valence-corrected chi connectivity index (χ1v) is 6.38. The molecular weight excluding hydrogens is 248 g/mol. The van der Waals surface area contributed by atoms with Crippen molar-refractivity contribution in [1.82, 2.24) is 15.0 Å². The maximum Gasteiger partial charge on any atom is 0.132 e. The summed E-state index contributed by atoms with van der Waals surface area (Å²) in [6.07, 6.45) is 5.34. The van der Waals surface area contributed by atoms with E-state index in [4.69, 9.17) is 0 Å². The molecule has 1 N–H and O–H groups in total. The van der Waals surface area contributed by atoms with E-state index in [-0.39, 0.29) is 0 Å². The summed E-state index contributed by atoms with van der Waals surface area (Å²) in [5.74, 6) is 1.56. The predicted octanol–water partition coefficient (Wildman–Crippen LogP) is 3.59. The molecule has 0 atom stereocenters. The Bertz CT molecular complexity index is 710. The number of anilines is 2. The molecule has 3 rings (SSSR count). The second-order valence-corrected chi connectivity index (χ2v) is 4.49. The predicted molar refractivity (Wildman–Crippen MR) is 79.7 cm³/mol. The van der Waals surface area contributed by atoms with Gasteiger partial charge in [0, 0.05) is 24.2 Å². The highest BCUT2D eigenvalue weighted by atomic mass is 15.1. The van der Waals surface area contributed by atoms with Crippen LogP contribution in [0.4, 0.5) is 11.6 Å². The highest BCUT2D eigenvalue weighted by Gasteiger charge is 2.02. The van der Waals surface area contributed by atoms with Gasteiger partial charge < -0.3 is 5.32 Å². The number of nitrogens with one attached hydrogen (secondary N) is 1. The first-order chi connectivity index (χ1) is 9.81. The molecule has 0 aliphatic rings. The van der Waals surface area contributed by atoms with Crippen molar-refractivity contribution in [3.05, 3.63) is 66.6 Å². The molecule has 3 heterocycles. The number of hydrogen-bond acceptors (Lipinski definition) is 4. The maximum atomic E-state index is 4.58. The van der Waals surface area contributed by atoms with Gasteiger partial charge in [-0.15, -0.1) is 0 Å². The van der Waals surface area contributed by atoms with Crippen LogP contribution < -0.4 is 5.32 Å². The Kier molecular flexibility index (Phi) is 3.37. The zero-order valence-electron chi connectivity index (χ0n) is 11.1. The van der Waals surface area contributed by atoms with Gasteiger partial charge in [0.15, 0.2) is 0 Å². The highest BCUT2D eigenvalue weighted by Crippen LogP contribution is 2.19. The molecule has 0 spiro atoms. The average molecular weight is 262 g/mol. The van der Waals surface area contributed by atoms with Crippen molar-refractivity contribution in [2.45, 2.75) is 6.92 Å². The van der Waals surface area contributed by atoms with Crippen LogP contribution in [-0.4, -0.2) is 15.0 Å². The van der Waals surface area contributed by atoms with Crippen LogP contribution in [0.2, 0.25) is 0 Å². The van der Waals surface area contributed by atoms with Crippen molar-refractivity contribution >= 4 is 11.6 Å². The Morgan fingerprint density at radius 3 is 2.70 bits per heavy atom. The van der Waals surface area contributed by atoms with E-state index < -0.39 is 0 Å². The van der Waals surface area contributed by atoms with Gasteiger partial charge in [-0.05, 0) is 48.9 Å². The molecule has 20 heavy (non-hydrogen) atoms. The van der Waals surface area contributed by atoms with E-state index in [1.807, 2.05) is 49.4 Å². The molecule has 4 nitrogen and oxygen atoms in total. The summed E-state index contributed by atoms with van der Waals surface area (Å²) in [4.78, 5) is 13.0. The SMILES string of the molecule is Cc1ccnc(Nc2cccc(-c3cccnc3)n2)c1. The molecular formula is C16H14N4. The summed E-state index contributed by atoms with van der Waals surface area (Å²) in [7, 11) is 0. The van der Waals surface area contributed by atoms with Crippen molar-refractivity contribution in [3.63, 3.8) is 0 Å². The van der Waals surface area contributed by atoms with E-state index in [2.05, 4.69) is 20.3 Å². The van der Waals surface area contributed by atoms with E-state index in [0.717, 1.165) is 28.5 Å². The van der Waals surface area contributed by atoms with Crippen molar-refractivity contribution in [2.75, 3.05) is 5.32 Å². The van der Waals surface area contributed by atoms with Crippen molar-refractivity contribution in [3.8, 4) is 11.3 Å². The van der Waals surface area contributed by atoms with Crippen LogP contribution in [0.15, 0.2) is 61.1 Å². The summed E-state index contributed by atoms with van der Waals surface area (Å²) in [5, 5.41) is 3.21. The fourth-order valence-electron chi connectivity index (χ4n) is 1.92. The largest absolute Gasteiger partial charge is 0.325 e. The third kappa shape index (κ3) is 2.80. The average Bonchev–Trinajstić information content (AvgIpc) is 2.48. The van der Waals surface area contributed by atoms with Gasteiger partial charge in [0.1, 0.15) is 11.6 Å². The summed E-state index contributed by atoms with van der Waals surface area (Å²) in [5.41, 5.74) is 3.04. The van der Waals surface area contributed by atoms with E-state index in [1.54, 1.807) is 18.6 Å². The molecule has 0 radical (unpaired) electrons. The zero-order valence-corrected chi connectivity index (χ0v) is 11.1. The molecule has 98 valence electrons. The standard InChI is InChI=1S/C16H14N4/c1-12-7-9-18-16(10-12)20-15-6-2-5-14(19-15)13-4-3-8-17-11-13/h2-11H,1H3,(H,18,19,20). The molecule has 0 saturated heterocycles. The van der Waals surface area contributed by atoms with Gasteiger partial charge in [-0.25, -0.2) is 9.97 Å². The van der Waals surface area contributed by atoms with Crippen LogP contribution >= 0.6 is 0 Å². The normalized spacial score (nSPS) is 10.2. The lowest BCUT2D eigenvalue weighted by molar-refractivity contribution is 1.23. The molecule has 3 aromatic rings. The first-order valence-electron chi connectivity index (χ1n) is 6.38. The Balaban J connectivity index is 1.88. The second kappa shape index (κ2) is 5.48. The molecule has 0 fully saturated rings. The number of pyridine rings is 3. The van der Waals surface area contributed by atoms with E-state index in [1.165, 1.54) is 0 Å². The lowest BCUT2D eigenvalue weighted by atomic mass is 10.2. The lowest BCUT2D eigenvalue weighted by Gasteiger charge is -2.07. The van der Waals surface area contributed by atoms with Gasteiger partial charge in [-0.1, -0.05) is 6.07 Å². The smallest absolute Gasteiger partial charge is 0.132 e. The van der Waals surface area contributed by atoms with Crippen LogP contribution in [0, 0.1) is 6.92 Å². The van der Waals surface area contributed by atoms with Crippen LogP contribution in [-0.2, 0) is 0 Å². The van der Waals surface area contributed by atoms with Crippen LogP contribution in [0.5, 0.6) is 0 Å². The minimum Gasteiger partial charge on any atom is -0.325 e. The molecule has 0 unspecified atom stereocenters. The third-order valence-corrected chi connectivity index (χ3v) is 2.88. The van der Waals surface area contributed by atoms with Crippen molar-refractivity contribution < 1.29 is 0 Å². The lowest BCUT2D eigenvalue weighted by Crippen LogP contribution is -1.97. The second-order valence-electron chi connectivity index (χ2n) is 4.49. The number of rotatable bonds is 3. The molecule has 0 aliphatic carbocycles. The van der Waals surface area contributed by atoms with Crippen LogP contribution in [0.1, 0.15) is 5.56 Å². The fourth-order valence-corrected chi connectivity index (χ4v) is 1.92. The molecule has 0 amide bonds. The molecule has 0 aromatic carbocycles. The van der Waals surface area contributed by atoms with Crippen LogP contribution in [0.3, 0.4) is 0 Å². The topological polar surface area (TPSA) is 50.7 Å². The maximum absolute atomic E-state index is 4.58. The van der Waals surface area contributed by atoms with Crippen molar-refractivity contribution in [2.24, 2.45) is 0 Å². The molecule has 0 bridgehead atoms. The summed E-state index contributed by atoms with van der Waals surface area (Å²) < 4.78 is 0. The zero-order chi connectivity index (χ0) is 13.8. The third-order valence-electron chi connectivity index (χ3n) is 2.88. The molecule has 0 saturated carbocycles. The monoisotopic (exact) mass is 262 g/mol. The van der Waals surface area contributed by atoms with Crippen molar-refractivity contribution in [1.29, 1.82) is 0 Å². The van der Waals surface area contributed by atoms with E-state index in [0.29, 0.717) is 0 Å². The van der Waals surface area contributed by atoms with Gasteiger partial charge >= 0.3 is 0 Å². The van der Waals surface area contributed by atoms with E-state index in [9.17, 15) is 0 Å². The Labute approximate surface area is 117 Å².